The zero-order valence-electron chi connectivity index (χ0n) is 37.0. The fraction of sp³-hybridized carbons (Fsp3) is 0.569. The van der Waals surface area contributed by atoms with E-state index < -0.39 is 0 Å². The molecule has 8 heteroatoms. The van der Waals surface area contributed by atoms with Gasteiger partial charge in [-0.2, -0.15) is 0 Å². The molecule has 2 spiro atoms. The standard InChI is InChI=1S/C26H35NO3.C19H21NO2.C6H10O/c1-6-8-19(28)18-15-25(9-7-2)21-14-17-12-16(3)13-20-22(17)26(25,10-11-27(21)4)24(30-20)23(18)29-5;1-11-8-12-10-14-13-4-5-15(21-3)18-19(13,6-7-20(14)2)17(12)16(9-11)22-18;1-3-5-6(7)4-2/h7,9,12-13,18,21,23-24H,6,8,10-11,14-15H2,1-5H3;4-5,8-9,14,18H,6-7,10H2,1-3H3;4H,2-3,5H2,1H3/b9-7+;;/t18-,21-,23-,24+,25-,26+;14-,18+,19+;/m11./s1. The van der Waals surface area contributed by atoms with Crippen LogP contribution < -0.4 is 9.47 Å². The van der Waals surface area contributed by atoms with Crippen LogP contribution in [0.5, 0.6) is 11.5 Å². The van der Waals surface area contributed by atoms with Gasteiger partial charge in [0.2, 0.25) is 0 Å². The van der Waals surface area contributed by atoms with Gasteiger partial charge in [-0.3, -0.25) is 14.5 Å². The van der Waals surface area contributed by atoms with E-state index in [0.29, 0.717) is 30.7 Å². The number of aryl methyl sites for hydroxylation is 2. The van der Waals surface area contributed by atoms with Crippen molar-refractivity contribution in [1.82, 2.24) is 9.80 Å². The van der Waals surface area contributed by atoms with Crippen molar-refractivity contribution in [2.45, 2.75) is 134 Å². The van der Waals surface area contributed by atoms with Crippen LogP contribution in [-0.4, -0.2) is 93.2 Å². The Balaban J connectivity index is 0.000000146. The molecule has 8 aliphatic rings. The lowest BCUT2D eigenvalue weighted by molar-refractivity contribution is -0.174. The fourth-order valence-electron chi connectivity index (χ4n) is 13.2. The molecule has 4 heterocycles. The molecule has 4 bridgehead atoms. The number of methoxy groups -OCH3 is 2. The Hall–Kier alpha value is -3.98. The number of benzene rings is 2. The Kier molecular flexibility index (Phi) is 11.2. The first-order chi connectivity index (χ1) is 28.4. The number of Topliss-reactive ketones (excluding diaryl/α,β-unsaturated/α-hetero) is 1. The van der Waals surface area contributed by atoms with Crippen molar-refractivity contribution in [2.75, 3.05) is 41.4 Å². The summed E-state index contributed by atoms with van der Waals surface area (Å²) in [6.45, 7) is 16.0. The minimum absolute atomic E-state index is 0.00782. The largest absolute Gasteiger partial charge is 0.497 e. The maximum absolute atomic E-state index is 13.3. The summed E-state index contributed by atoms with van der Waals surface area (Å²) < 4.78 is 25.0. The quantitative estimate of drug-likeness (QED) is 0.185. The van der Waals surface area contributed by atoms with Gasteiger partial charge in [0, 0.05) is 54.5 Å². The van der Waals surface area contributed by atoms with Crippen molar-refractivity contribution in [1.29, 1.82) is 0 Å². The second kappa shape index (κ2) is 15.8. The van der Waals surface area contributed by atoms with E-state index in [9.17, 15) is 9.59 Å². The van der Waals surface area contributed by atoms with Gasteiger partial charge in [0.15, 0.2) is 11.9 Å². The molecule has 316 valence electrons. The molecule has 0 amide bonds. The number of carbonyl (C=O) groups is 2. The van der Waals surface area contributed by atoms with Crippen molar-refractivity contribution in [3.8, 4) is 11.5 Å². The van der Waals surface area contributed by atoms with Crippen molar-refractivity contribution < 1.29 is 28.5 Å². The number of likely N-dealkylation sites (tertiary alicyclic amines) is 2. The summed E-state index contributed by atoms with van der Waals surface area (Å²) in [5.41, 5.74) is 9.65. The van der Waals surface area contributed by atoms with Crippen molar-refractivity contribution in [3.05, 3.63) is 106 Å². The van der Waals surface area contributed by atoms with Crippen LogP contribution in [0.1, 0.15) is 99.1 Å². The van der Waals surface area contributed by atoms with E-state index in [1.165, 1.54) is 45.0 Å². The number of ketones is 2. The number of nitrogens with zero attached hydrogens (tertiary/aromatic N) is 2. The van der Waals surface area contributed by atoms with Gasteiger partial charge in [-0.05, 0) is 145 Å². The van der Waals surface area contributed by atoms with Crippen LogP contribution in [0.4, 0.5) is 0 Å². The number of carbonyl (C=O) groups excluding carboxylic acids is 2. The van der Waals surface area contributed by atoms with Crippen molar-refractivity contribution in [3.63, 3.8) is 0 Å². The number of hydrogen-bond donors (Lipinski definition) is 0. The Bertz CT molecular complexity index is 2120. The molecule has 8 nitrogen and oxygen atoms in total. The minimum atomic E-state index is -0.190. The first kappa shape index (κ1) is 41.7. The van der Waals surface area contributed by atoms with Gasteiger partial charge in [0.25, 0.3) is 0 Å². The van der Waals surface area contributed by atoms with E-state index >= 15 is 0 Å². The lowest BCUT2D eigenvalue weighted by atomic mass is 9.41. The molecule has 0 unspecified atom stereocenters. The van der Waals surface area contributed by atoms with Gasteiger partial charge < -0.3 is 23.8 Å². The number of likely N-dealkylation sites (N-methyl/N-ethyl adjacent to an activating group) is 2. The summed E-state index contributed by atoms with van der Waals surface area (Å²) in [7, 11) is 8.04. The van der Waals surface area contributed by atoms with E-state index in [1.54, 1.807) is 14.2 Å². The maximum Gasteiger partial charge on any atom is 0.169 e. The lowest BCUT2D eigenvalue weighted by Crippen LogP contribution is -2.74. The van der Waals surface area contributed by atoms with Gasteiger partial charge in [0.05, 0.1) is 17.9 Å². The third-order valence-corrected chi connectivity index (χ3v) is 15.4. The van der Waals surface area contributed by atoms with Crippen LogP contribution in [0.25, 0.3) is 0 Å². The molecule has 2 aromatic carbocycles. The predicted octanol–water partition coefficient (Wildman–Crippen LogP) is 8.49. The number of piperidine rings is 2. The lowest BCUT2D eigenvalue weighted by Gasteiger charge is -2.66. The topological polar surface area (TPSA) is 77.5 Å². The molecule has 2 aromatic rings. The molecule has 0 radical (unpaired) electrons. The van der Waals surface area contributed by atoms with Gasteiger partial charge in [0.1, 0.15) is 35.2 Å². The molecular formula is C51H66N2O6. The predicted molar refractivity (Wildman–Crippen MR) is 233 cm³/mol. The molecule has 3 fully saturated rings. The molecule has 9 atom stereocenters. The summed E-state index contributed by atoms with van der Waals surface area (Å²) in [6.07, 6.45) is 18.4. The van der Waals surface area contributed by atoms with Crippen molar-refractivity contribution in [2.24, 2.45) is 11.3 Å². The Labute approximate surface area is 352 Å². The summed E-state index contributed by atoms with van der Waals surface area (Å²) in [4.78, 5) is 28.7. The monoisotopic (exact) mass is 802 g/mol. The fourth-order valence-corrected chi connectivity index (χ4v) is 13.2. The Morgan fingerprint density at radius 3 is 2.20 bits per heavy atom. The third-order valence-electron chi connectivity index (χ3n) is 15.4. The number of hydrogen-bond acceptors (Lipinski definition) is 8. The smallest absolute Gasteiger partial charge is 0.169 e. The third kappa shape index (κ3) is 6.08. The number of allylic oxidation sites excluding steroid dienone is 4. The second-order valence-electron chi connectivity index (χ2n) is 18.6. The van der Waals surface area contributed by atoms with Crippen LogP contribution in [0, 0.1) is 25.2 Å². The van der Waals surface area contributed by atoms with E-state index in [2.05, 4.69) is 107 Å². The highest BCUT2D eigenvalue weighted by Crippen LogP contribution is 2.70. The summed E-state index contributed by atoms with van der Waals surface area (Å²) in [6, 6.07) is 10.0. The number of rotatable bonds is 9. The van der Waals surface area contributed by atoms with Gasteiger partial charge in [-0.25, -0.2) is 0 Å². The van der Waals surface area contributed by atoms with Gasteiger partial charge in [-0.1, -0.05) is 50.8 Å². The van der Waals surface area contributed by atoms with E-state index in [1.807, 2.05) is 6.92 Å². The van der Waals surface area contributed by atoms with Crippen LogP contribution in [0.15, 0.2) is 72.6 Å². The summed E-state index contributed by atoms with van der Waals surface area (Å²) >= 11 is 0. The van der Waals surface area contributed by atoms with E-state index in [0.717, 1.165) is 75.3 Å². The average molecular weight is 803 g/mol. The maximum atomic E-state index is 13.3. The molecule has 0 aromatic heterocycles. The first-order valence-electron chi connectivity index (χ1n) is 22.2. The summed E-state index contributed by atoms with van der Waals surface area (Å²) in [5.74, 6) is 3.45. The van der Waals surface area contributed by atoms with Crippen LogP contribution in [-0.2, 0) is 42.7 Å². The highest BCUT2D eigenvalue weighted by atomic mass is 16.5. The summed E-state index contributed by atoms with van der Waals surface area (Å²) in [5, 5.41) is 0. The minimum Gasteiger partial charge on any atom is -0.497 e. The molecular weight excluding hydrogens is 737 g/mol. The molecule has 59 heavy (non-hydrogen) atoms. The molecule has 10 rings (SSSR count). The zero-order valence-corrected chi connectivity index (χ0v) is 37.0. The van der Waals surface area contributed by atoms with E-state index in [-0.39, 0.29) is 46.3 Å². The van der Waals surface area contributed by atoms with Crippen LogP contribution in [0.2, 0.25) is 0 Å². The second-order valence-corrected chi connectivity index (χ2v) is 18.6. The Morgan fingerprint density at radius 1 is 0.898 bits per heavy atom. The van der Waals surface area contributed by atoms with Crippen molar-refractivity contribution >= 4 is 11.6 Å². The highest BCUT2D eigenvalue weighted by molar-refractivity contribution is 5.88. The van der Waals surface area contributed by atoms with E-state index in [4.69, 9.17) is 18.9 Å². The zero-order chi connectivity index (χ0) is 42.0. The molecule has 2 saturated heterocycles. The highest BCUT2D eigenvalue weighted by Gasteiger charge is 2.74. The van der Waals surface area contributed by atoms with Crippen LogP contribution >= 0.6 is 0 Å². The molecule has 0 N–H and O–H groups in total. The van der Waals surface area contributed by atoms with Gasteiger partial charge >= 0.3 is 0 Å². The normalized spacial score (nSPS) is 33.7. The SMILES string of the molecule is C/C=C/[C@]12C[C@H](C(=O)CCC)[C@@H](OC)[C@@H]3Oc4cc(C)cc5c4[C@@]31CCN(C)[C@@H]2C5.C=CC(=O)CCC.COC1=CC=C2[C@H]3Cc4cc(C)cc5c4[C@@]2(CCN3C)[C@H]1O5. The number of ether oxygens (including phenoxy) is 4. The Morgan fingerprint density at radius 2 is 1.58 bits per heavy atom. The molecule has 4 aliphatic carbocycles. The molecule has 4 aliphatic heterocycles. The average Bonchev–Trinajstić information content (AvgIpc) is 3.72. The van der Waals surface area contributed by atoms with Crippen LogP contribution in [0.3, 0.4) is 0 Å². The van der Waals surface area contributed by atoms with Gasteiger partial charge in [-0.15, -0.1) is 0 Å². The first-order valence-corrected chi connectivity index (χ1v) is 22.2. The molecule has 1 saturated carbocycles.